The molecule has 54 valence electrons. The minimum atomic E-state index is 0.370. The van der Waals surface area contributed by atoms with Crippen LogP contribution < -0.4 is 5.73 Å². The van der Waals surface area contributed by atoms with E-state index in [1.807, 2.05) is 13.0 Å². The molecule has 1 atom stereocenters. The fraction of sp³-hybridized carbons (Fsp3) is 0.750. The largest absolute Gasteiger partial charge is 0.328 e. The van der Waals surface area contributed by atoms with E-state index in [9.17, 15) is 0 Å². The summed E-state index contributed by atoms with van der Waals surface area (Å²) in [4.78, 5) is 0. The lowest BCUT2D eigenvalue weighted by Gasteiger charge is -2.01. The highest BCUT2D eigenvalue weighted by Crippen LogP contribution is 2.01. The van der Waals surface area contributed by atoms with Crippen LogP contribution in [0.25, 0.3) is 0 Å². The van der Waals surface area contributed by atoms with Crippen LogP contribution in [0.3, 0.4) is 0 Å². The van der Waals surface area contributed by atoms with Gasteiger partial charge in [0.05, 0.1) is 0 Å². The second-order valence-electron chi connectivity index (χ2n) is 2.55. The van der Waals surface area contributed by atoms with E-state index in [0.717, 1.165) is 12.8 Å². The molecule has 0 spiro atoms. The zero-order valence-electron chi connectivity index (χ0n) is 6.27. The molecule has 0 heterocycles. The number of hydrogen-bond donors (Lipinski definition) is 1. The summed E-state index contributed by atoms with van der Waals surface area (Å²) in [7, 11) is 0. The van der Waals surface area contributed by atoms with Gasteiger partial charge >= 0.3 is 0 Å². The van der Waals surface area contributed by atoms with E-state index in [-0.39, 0.29) is 0 Å². The fourth-order valence-corrected chi connectivity index (χ4v) is 0.755. The Morgan fingerprint density at radius 1 is 1.56 bits per heavy atom. The van der Waals surface area contributed by atoms with E-state index in [4.69, 9.17) is 5.73 Å². The van der Waals surface area contributed by atoms with Crippen molar-refractivity contribution in [2.24, 2.45) is 5.73 Å². The van der Waals surface area contributed by atoms with Gasteiger partial charge < -0.3 is 5.73 Å². The molecule has 0 rings (SSSR count). The van der Waals surface area contributed by atoms with Crippen LogP contribution in [0.5, 0.6) is 0 Å². The van der Waals surface area contributed by atoms with Crippen LogP contribution in [0, 0.1) is 0 Å². The van der Waals surface area contributed by atoms with Crippen molar-refractivity contribution in [3.8, 4) is 0 Å². The van der Waals surface area contributed by atoms with E-state index in [1.165, 1.54) is 12.8 Å². The first-order valence-corrected chi connectivity index (χ1v) is 3.64. The molecule has 0 radical (unpaired) electrons. The Bertz CT molecular complexity index is 67.0. The Hall–Kier alpha value is -0.300. The van der Waals surface area contributed by atoms with E-state index in [2.05, 4.69) is 6.58 Å². The Morgan fingerprint density at radius 3 is 2.67 bits per heavy atom. The van der Waals surface area contributed by atoms with Crippen molar-refractivity contribution < 1.29 is 0 Å². The normalized spacial score (nSPS) is 13.1. The lowest BCUT2D eigenvalue weighted by molar-refractivity contribution is 0.601. The molecule has 0 aliphatic carbocycles. The maximum absolute atomic E-state index is 5.55. The smallest absolute Gasteiger partial charge is 0.00104 e. The second kappa shape index (κ2) is 5.83. The van der Waals surface area contributed by atoms with Crippen LogP contribution in [-0.2, 0) is 0 Å². The minimum absolute atomic E-state index is 0.370. The number of allylic oxidation sites excluding steroid dienone is 1. The van der Waals surface area contributed by atoms with Gasteiger partial charge in [0.2, 0.25) is 0 Å². The third-order valence-corrected chi connectivity index (χ3v) is 1.32. The van der Waals surface area contributed by atoms with Crippen molar-refractivity contribution in [1.29, 1.82) is 0 Å². The molecule has 0 aliphatic heterocycles. The number of unbranched alkanes of at least 4 members (excludes halogenated alkanes) is 2. The molecule has 9 heavy (non-hydrogen) atoms. The third-order valence-electron chi connectivity index (χ3n) is 1.32. The van der Waals surface area contributed by atoms with Crippen LogP contribution in [0.2, 0.25) is 0 Å². The van der Waals surface area contributed by atoms with Gasteiger partial charge in [-0.05, 0) is 26.2 Å². The highest BCUT2D eigenvalue weighted by atomic mass is 14.6. The van der Waals surface area contributed by atoms with Crippen molar-refractivity contribution in [2.45, 2.75) is 38.6 Å². The van der Waals surface area contributed by atoms with Gasteiger partial charge in [-0.1, -0.05) is 12.5 Å². The summed E-state index contributed by atoms with van der Waals surface area (Å²) in [5.41, 5.74) is 5.55. The van der Waals surface area contributed by atoms with Gasteiger partial charge in [0.1, 0.15) is 0 Å². The summed E-state index contributed by atoms with van der Waals surface area (Å²) >= 11 is 0. The monoisotopic (exact) mass is 127 g/mol. The van der Waals surface area contributed by atoms with Crippen LogP contribution in [-0.4, -0.2) is 6.04 Å². The quantitative estimate of drug-likeness (QED) is 0.444. The first-order chi connectivity index (χ1) is 4.27. The van der Waals surface area contributed by atoms with E-state index < -0.39 is 0 Å². The van der Waals surface area contributed by atoms with Gasteiger partial charge in [0.25, 0.3) is 0 Å². The third kappa shape index (κ3) is 7.70. The summed E-state index contributed by atoms with van der Waals surface area (Å²) in [6, 6.07) is 0.370. The van der Waals surface area contributed by atoms with Crippen LogP contribution >= 0.6 is 0 Å². The zero-order chi connectivity index (χ0) is 7.11. The predicted molar refractivity (Wildman–Crippen MR) is 42.3 cm³/mol. The Morgan fingerprint density at radius 2 is 2.22 bits per heavy atom. The lowest BCUT2D eigenvalue weighted by Crippen LogP contribution is -2.13. The van der Waals surface area contributed by atoms with Crippen molar-refractivity contribution in [3.63, 3.8) is 0 Å². The molecule has 0 aromatic rings. The average molecular weight is 127 g/mol. The summed E-state index contributed by atoms with van der Waals surface area (Å²) in [6.07, 6.45) is 6.72. The van der Waals surface area contributed by atoms with Gasteiger partial charge in [0, 0.05) is 6.04 Å². The average Bonchev–Trinajstić information content (AvgIpc) is 1.80. The molecule has 0 unspecified atom stereocenters. The van der Waals surface area contributed by atoms with Gasteiger partial charge in [-0.3, -0.25) is 0 Å². The maximum atomic E-state index is 5.55. The SMILES string of the molecule is C=CCCCC[C@@H](C)N. The van der Waals surface area contributed by atoms with Gasteiger partial charge in [-0.25, -0.2) is 0 Å². The van der Waals surface area contributed by atoms with Crippen molar-refractivity contribution in [1.82, 2.24) is 0 Å². The molecule has 0 bridgehead atoms. The van der Waals surface area contributed by atoms with Crippen LogP contribution in [0.4, 0.5) is 0 Å². The Kier molecular flexibility index (Phi) is 5.64. The lowest BCUT2D eigenvalue weighted by atomic mass is 10.1. The number of nitrogens with two attached hydrogens (primary N) is 1. The van der Waals surface area contributed by atoms with E-state index >= 15 is 0 Å². The van der Waals surface area contributed by atoms with E-state index in [0.29, 0.717) is 6.04 Å². The summed E-state index contributed by atoms with van der Waals surface area (Å²) in [5.74, 6) is 0. The Balaban J connectivity index is 2.82. The minimum Gasteiger partial charge on any atom is -0.328 e. The number of rotatable bonds is 5. The fourth-order valence-electron chi connectivity index (χ4n) is 0.755. The van der Waals surface area contributed by atoms with Crippen molar-refractivity contribution in [2.75, 3.05) is 0 Å². The standard InChI is InChI=1S/C8H17N/c1-3-4-5-6-7-8(2)9/h3,8H,1,4-7,9H2,2H3/t8-/m1/s1. The maximum Gasteiger partial charge on any atom is 0.00104 e. The molecule has 0 aromatic carbocycles. The molecule has 1 nitrogen and oxygen atoms in total. The topological polar surface area (TPSA) is 26.0 Å². The summed E-state index contributed by atoms with van der Waals surface area (Å²) in [6.45, 7) is 5.70. The molecule has 2 N–H and O–H groups in total. The first kappa shape index (κ1) is 8.70. The van der Waals surface area contributed by atoms with Crippen LogP contribution in [0.1, 0.15) is 32.6 Å². The zero-order valence-corrected chi connectivity index (χ0v) is 6.27. The molecule has 0 aliphatic rings. The van der Waals surface area contributed by atoms with Gasteiger partial charge in [-0.15, -0.1) is 6.58 Å². The molecule has 1 heteroatoms. The molecule has 0 fully saturated rings. The first-order valence-electron chi connectivity index (χ1n) is 3.64. The summed E-state index contributed by atoms with van der Waals surface area (Å²) in [5, 5.41) is 0. The second-order valence-corrected chi connectivity index (χ2v) is 2.55. The molecular formula is C8H17N. The van der Waals surface area contributed by atoms with Gasteiger partial charge in [0.15, 0.2) is 0 Å². The molecular weight excluding hydrogens is 110 g/mol. The molecule has 0 amide bonds. The molecule has 0 saturated heterocycles. The molecule has 0 aromatic heterocycles. The molecule has 0 saturated carbocycles. The van der Waals surface area contributed by atoms with Gasteiger partial charge in [-0.2, -0.15) is 0 Å². The van der Waals surface area contributed by atoms with Crippen molar-refractivity contribution >= 4 is 0 Å². The van der Waals surface area contributed by atoms with Crippen molar-refractivity contribution in [3.05, 3.63) is 12.7 Å². The Labute approximate surface area is 57.9 Å². The predicted octanol–water partition coefficient (Wildman–Crippen LogP) is 2.08. The highest BCUT2D eigenvalue weighted by molar-refractivity contribution is 4.66. The summed E-state index contributed by atoms with van der Waals surface area (Å²) < 4.78 is 0. The highest BCUT2D eigenvalue weighted by Gasteiger charge is 1.91. The van der Waals surface area contributed by atoms with Crippen LogP contribution in [0.15, 0.2) is 12.7 Å². The number of hydrogen-bond acceptors (Lipinski definition) is 1. The van der Waals surface area contributed by atoms with E-state index in [1.54, 1.807) is 0 Å².